The third kappa shape index (κ3) is 2.84. The fraction of sp³-hybridized carbons (Fsp3) is 0. The first-order chi connectivity index (χ1) is 5.25. The van der Waals surface area contributed by atoms with Gasteiger partial charge < -0.3 is 9.90 Å². The topological polar surface area (TPSA) is 40.1 Å². The summed E-state index contributed by atoms with van der Waals surface area (Å²) < 4.78 is 0. The molecule has 0 bridgehead atoms. The Morgan fingerprint density at radius 3 is 2.42 bits per heavy atom. The Morgan fingerprint density at radius 1 is 1.42 bits per heavy atom. The van der Waals surface area contributed by atoms with Crippen molar-refractivity contribution in [3.8, 4) is 0 Å². The number of carboxylic acids is 1. The monoisotopic (exact) mass is 186 g/mol. The van der Waals surface area contributed by atoms with E-state index < -0.39 is 5.97 Å². The predicted molar refractivity (Wildman–Crippen MR) is 40.9 cm³/mol. The number of carboxylic acid groups (broad SMARTS) is 1. The van der Waals surface area contributed by atoms with E-state index in [0.717, 1.165) is 0 Å². The molecule has 0 aliphatic carbocycles. The zero-order valence-corrected chi connectivity index (χ0v) is 10.0. The van der Waals surface area contributed by atoms with Crippen LogP contribution < -0.4 is 56.5 Å². The molecule has 0 radical (unpaired) electrons. The third-order valence-electron chi connectivity index (χ3n) is 1.40. The molecule has 1 rings (SSSR count). The molecular formula is C9H7KO2. The number of hydrogen-bond acceptors (Lipinski definition) is 2. The zero-order chi connectivity index (χ0) is 8.27. The van der Waals surface area contributed by atoms with Gasteiger partial charge in [-0.2, -0.15) is 0 Å². The summed E-state index contributed by atoms with van der Waals surface area (Å²) in [5.74, 6) is -1.17. The second-order valence-electron chi connectivity index (χ2n) is 2.08. The van der Waals surface area contributed by atoms with Crippen molar-refractivity contribution in [2.75, 3.05) is 0 Å². The molecule has 0 amide bonds. The van der Waals surface area contributed by atoms with Gasteiger partial charge in [0, 0.05) is 5.56 Å². The Kier molecular flexibility index (Phi) is 5.70. The summed E-state index contributed by atoms with van der Waals surface area (Å²) in [5.41, 5.74) is 0.773. The van der Waals surface area contributed by atoms with Gasteiger partial charge in [0.1, 0.15) is 0 Å². The van der Waals surface area contributed by atoms with Gasteiger partial charge in [-0.15, -0.1) is 0 Å². The summed E-state index contributed by atoms with van der Waals surface area (Å²) in [4.78, 5) is 10.4. The Morgan fingerprint density at radius 2 is 2.00 bits per heavy atom. The van der Waals surface area contributed by atoms with Gasteiger partial charge in [-0.05, 0) is 5.56 Å². The van der Waals surface area contributed by atoms with E-state index in [-0.39, 0.29) is 56.9 Å². The van der Waals surface area contributed by atoms with E-state index in [4.69, 9.17) is 0 Å². The molecule has 0 unspecified atom stereocenters. The van der Waals surface area contributed by atoms with Crippen molar-refractivity contribution in [2.24, 2.45) is 0 Å². The molecule has 0 aliphatic rings. The van der Waals surface area contributed by atoms with Gasteiger partial charge in [0.25, 0.3) is 0 Å². The Hall–Kier alpha value is 0.0664. The van der Waals surface area contributed by atoms with E-state index >= 15 is 0 Å². The molecule has 12 heavy (non-hydrogen) atoms. The molecule has 56 valence electrons. The second-order valence-corrected chi connectivity index (χ2v) is 2.08. The molecule has 0 spiro atoms. The van der Waals surface area contributed by atoms with Crippen molar-refractivity contribution in [2.45, 2.75) is 0 Å². The molecule has 0 saturated heterocycles. The van der Waals surface area contributed by atoms with E-state index in [0.29, 0.717) is 5.56 Å². The summed E-state index contributed by atoms with van der Waals surface area (Å²) >= 11 is 0. The van der Waals surface area contributed by atoms with Crippen molar-refractivity contribution in [1.82, 2.24) is 0 Å². The van der Waals surface area contributed by atoms with Gasteiger partial charge in [-0.25, -0.2) is 0 Å². The van der Waals surface area contributed by atoms with Crippen LogP contribution >= 0.6 is 0 Å². The van der Waals surface area contributed by atoms with Crippen LogP contribution in [0.15, 0.2) is 30.8 Å². The molecule has 0 aromatic heterocycles. The molecule has 0 aliphatic heterocycles. The minimum absolute atomic E-state index is 0. The maximum Gasteiger partial charge on any atom is 1.00 e. The molecule has 2 nitrogen and oxygen atoms in total. The van der Waals surface area contributed by atoms with E-state index in [2.05, 4.69) is 6.58 Å². The zero-order valence-electron chi connectivity index (χ0n) is 6.91. The fourth-order valence-corrected chi connectivity index (χ4v) is 0.861. The quantitative estimate of drug-likeness (QED) is 0.487. The van der Waals surface area contributed by atoms with Crippen molar-refractivity contribution < 1.29 is 61.3 Å². The van der Waals surface area contributed by atoms with Gasteiger partial charge in [-0.3, -0.25) is 0 Å². The number of aromatic carboxylic acids is 1. The molecule has 1 aromatic rings. The number of hydrogen-bond donors (Lipinski definition) is 0. The normalized spacial score (nSPS) is 8.33. The SMILES string of the molecule is C=Cc1ccccc1C(=O)[O-].[K+]. The van der Waals surface area contributed by atoms with Crippen LogP contribution in [0.1, 0.15) is 15.9 Å². The number of carbonyl (C=O) groups excluding carboxylic acids is 1. The Bertz CT molecular complexity index is 294. The fourth-order valence-electron chi connectivity index (χ4n) is 0.861. The minimum Gasteiger partial charge on any atom is -0.545 e. The Balaban J connectivity index is 0.00000121. The average molecular weight is 186 g/mol. The maximum absolute atomic E-state index is 10.4. The first-order valence-corrected chi connectivity index (χ1v) is 3.18. The van der Waals surface area contributed by atoms with Crippen LogP contribution in [0.4, 0.5) is 0 Å². The van der Waals surface area contributed by atoms with Crippen molar-refractivity contribution in [3.63, 3.8) is 0 Å². The van der Waals surface area contributed by atoms with Gasteiger partial charge in [-0.1, -0.05) is 36.9 Å². The van der Waals surface area contributed by atoms with E-state index in [9.17, 15) is 9.90 Å². The van der Waals surface area contributed by atoms with Crippen LogP contribution in [-0.4, -0.2) is 5.97 Å². The maximum atomic E-state index is 10.4. The summed E-state index contributed by atoms with van der Waals surface area (Å²) in [6.07, 6.45) is 1.49. The predicted octanol–water partition coefficient (Wildman–Crippen LogP) is -2.30. The summed E-state index contributed by atoms with van der Waals surface area (Å²) in [6.45, 7) is 3.48. The molecule has 0 saturated carbocycles. The van der Waals surface area contributed by atoms with Gasteiger partial charge >= 0.3 is 51.4 Å². The van der Waals surface area contributed by atoms with Crippen LogP contribution in [-0.2, 0) is 0 Å². The first-order valence-electron chi connectivity index (χ1n) is 3.18. The van der Waals surface area contributed by atoms with Gasteiger partial charge in [0.15, 0.2) is 0 Å². The summed E-state index contributed by atoms with van der Waals surface area (Å²) in [6, 6.07) is 6.58. The van der Waals surface area contributed by atoms with Gasteiger partial charge in [0.05, 0.1) is 5.97 Å². The number of carbonyl (C=O) groups is 1. The van der Waals surface area contributed by atoms with E-state index in [1.807, 2.05) is 0 Å². The molecule has 0 atom stereocenters. The van der Waals surface area contributed by atoms with Crippen molar-refractivity contribution in [3.05, 3.63) is 42.0 Å². The van der Waals surface area contributed by atoms with Crippen LogP contribution in [0.2, 0.25) is 0 Å². The van der Waals surface area contributed by atoms with Crippen LogP contribution in [0.25, 0.3) is 6.08 Å². The molecule has 0 fully saturated rings. The van der Waals surface area contributed by atoms with Crippen LogP contribution in [0.5, 0.6) is 0 Å². The minimum atomic E-state index is -1.17. The summed E-state index contributed by atoms with van der Waals surface area (Å²) in [7, 11) is 0. The van der Waals surface area contributed by atoms with Gasteiger partial charge in [0.2, 0.25) is 0 Å². The van der Waals surface area contributed by atoms with Crippen LogP contribution in [0.3, 0.4) is 0 Å². The second kappa shape index (κ2) is 5.67. The average Bonchev–Trinajstić information content (AvgIpc) is 2.04. The Labute approximate surface area is 114 Å². The number of rotatable bonds is 2. The van der Waals surface area contributed by atoms with E-state index in [1.54, 1.807) is 18.2 Å². The largest absolute Gasteiger partial charge is 1.00 e. The molecule has 3 heteroatoms. The third-order valence-corrected chi connectivity index (χ3v) is 1.40. The number of benzene rings is 1. The molecule has 0 N–H and O–H groups in total. The van der Waals surface area contributed by atoms with E-state index in [1.165, 1.54) is 12.1 Å². The first kappa shape index (κ1) is 12.1. The molecule has 1 aromatic carbocycles. The smallest absolute Gasteiger partial charge is 0.545 e. The van der Waals surface area contributed by atoms with Crippen molar-refractivity contribution in [1.29, 1.82) is 0 Å². The van der Waals surface area contributed by atoms with Crippen molar-refractivity contribution >= 4 is 12.0 Å². The summed E-state index contributed by atoms with van der Waals surface area (Å²) in [5, 5.41) is 10.4. The molecule has 0 heterocycles. The van der Waals surface area contributed by atoms with Crippen LogP contribution in [0, 0.1) is 0 Å². The standard InChI is InChI=1S/C9H8O2.K/c1-2-7-5-3-4-6-8(7)9(10)11;/h2-6H,1H2,(H,10,11);/q;+1/p-1. The molecular weight excluding hydrogens is 179 g/mol.